The Morgan fingerprint density at radius 2 is 2.11 bits per heavy atom. The van der Waals surface area contributed by atoms with Gasteiger partial charge in [0.1, 0.15) is 0 Å². The lowest BCUT2D eigenvalue weighted by Crippen LogP contribution is -2.44. The van der Waals surface area contributed by atoms with E-state index in [-0.39, 0.29) is 6.03 Å². The number of nitrogens with zero attached hydrogens (tertiary/aromatic N) is 1. The predicted molar refractivity (Wildman–Crippen MR) is 76.2 cm³/mol. The number of nitrogens with one attached hydrogen (secondary N) is 1. The monoisotopic (exact) mass is 268 g/mol. The quantitative estimate of drug-likeness (QED) is 0.805. The first-order chi connectivity index (χ1) is 9.24. The molecule has 0 aromatic carbocycles. The number of hydrogen-bond donors (Lipinski definition) is 1. The lowest BCUT2D eigenvalue weighted by molar-refractivity contribution is 0.0508. The van der Waals surface area contributed by atoms with E-state index in [0.29, 0.717) is 18.1 Å². The van der Waals surface area contributed by atoms with Crippen LogP contribution in [-0.4, -0.2) is 43.3 Å². The minimum atomic E-state index is 0.142. The minimum Gasteiger partial charge on any atom is -0.381 e. The van der Waals surface area contributed by atoms with Crippen LogP contribution in [0.4, 0.5) is 4.79 Å². The van der Waals surface area contributed by atoms with Crippen molar-refractivity contribution in [3.63, 3.8) is 0 Å². The van der Waals surface area contributed by atoms with Crippen molar-refractivity contribution in [1.82, 2.24) is 10.2 Å². The highest BCUT2D eigenvalue weighted by molar-refractivity contribution is 5.74. The van der Waals surface area contributed by atoms with Crippen LogP contribution >= 0.6 is 0 Å². The molecule has 0 heterocycles. The zero-order valence-electron chi connectivity index (χ0n) is 12.4. The maximum Gasteiger partial charge on any atom is 0.317 e. The first kappa shape index (κ1) is 14.6. The number of hydrogen-bond acceptors (Lipinski definition) is 2. The van der Waals surface area contributed by atoms with Gasteiger partial charge >= 0.3 is 6.03 Å². The molecule has 19 heavy (non-hydrogen) atoms. The van der Waals surface area contributed by atoms with Gasteiger partial charge in [-0.2, -0.15) is 0 Å². The number of urea groups is 1. The number of carbonyl (C=O) groups is 1. The fourth-order valence-corrected chi connectivity index (χ4v) is 3.05. The van der Waals surface area contributed by atoms with Crippen molar-refractivity contribution in [2.75, 3.05) is 20.2 Å². The highest BCUT2D eigenvalue weighted by Crippen LogP contribution is 2.28. The van der Waals surface area contributed by atoms with Gasteiger partial charge in [0.15, 0.2) is 0 Å². The van der Waals surface area contributed by atoms with E-state index in [1.807, 2.05) is 4.90 Å². The fourth-order valence-electron chi connectivity index (χ4n) is 3.05. The molecule has 0 radical (unpaired) electrons. The van der Waals surface area contributed by atoms with E-state index >= 15 is 0 Å². The maximum absolute atomic E-state index is 12.2. The van der Waals surface area contributed by atoms with Gasteiger partial charge in [-0.15, -0.1) is 0 Å². The van der Waals surface area contributed by atoms with Crippen LogP contribution in [0.25, 0.3) is 0 Å². The summed E-state index contributed by atoms with van der Waals surface area (Å²) in [6.45, 7) is 3.83. The molecule has 2 atom stereocenters. The Labute approximate surface area is 116 Å². The van der Waals surface area contributed by atoms with Gasteiger partial charge < -0.3 is 15.0 Å². The van der Waals surface area contributed by atoms with E-state index < -0.39 is 0 Å². The van der Waals surface area contributed by atoms with Gasteiger partial charge in [0.2, 0.25) is 0 Å². The molecule has 2 saturated carbocycles. The smallest absolute Gasteiger partial charge is 0.317 e. The number of rotatable bonds is 6. The number of ether oxygens (including phenoxy) is 1. The zero-order valence-corrected chi connectivity index (χ0v) is 12.4. The molecule has 110 valence electrons. The molecule has 0 aromatic rings. The predicted octanol–water partition coefficient (Wildman–Crippen LogP) is 2.78. The van der Waals surface area contributed by atoms with Crippen LogP contribution in [0.1, 0.15) is 51.9 Å². The molecule has 1 N–H and O–H groups in total. The van der Waals surface area contributed by atoms with Crippen molar-refractivity contribution in [2.24, 2.45) is 5.92 Å². The van der Waals surface area contributed by atoms with Gasteiger partial charge in [-0.25, -0.2) is 4.79 Å². The Hall–Kier alpha value is -0.770. The van der Waals surface area contributed by atoms with Crippen molar-refractivity contribution >= 4 is 6.03 Å². The van der Waals surface area contributed by atoms with Crippen molar-refractivity contribution in [3.05, 3.63) is 0 Å². The molecule has 2 amide bonds. The number of methoxy groups -OCH3 is 1. The molecule has 0 bridgehead atoms. The molecule has 4 heteroatoms. The Balaban J connectivity index is 1.72. The van der Waals surface area contributed by atoms with E-state index in [9.17, 15) is 4.79 Å². The van der Waals surface area contributed by atoms with Crippen molar-refractivity contribution in [2.45, 2.75) is 64.0 Å². The summed E-state index contributed by atoms with van der Waals surface area (Å²) in [5.74, 6) is 0.588. The largest absolute Gasteiger partial charge is 0.381 e. The van der Waals surface area contributed by atoms with Gasteiger partial charge in [-0.3, -0.25) is 0 Å². The van der Waals surface area contributed by atoms with Crippen LogP contribution in [0.15, 0.2) is 0 Å². The molecule has 0 aromatic heterocycles. The van der Waals surface area contributed by atoms with E-state index in [0.717, 1.165) is 25.9 Å². The second kappa shape index (κ2) is 7.13. The van der Waals surface area contributed by atoms with Crippen LogP contribution in [-0.2, 0) is 4.74 Å². The van der Waals surface area contributed by atoms with Crippen LogP contribution in [0.3, 0.4) is 0 Å². The summed E-state index contributed by atoms with van der Waals surface area (Å²) in [6.07, 6.45) is 8.51. The molecule has 2 fully saturated rings. The Kier molecular flexibility index (Phi) is 5.49. The molecule has 2 unspecified atom stereocenters. The molecular formula is C15H28N2O2. The van der Waals surface area contributed by atoms with Crippen LogP contribution < -0.4 is 5.32 Å². The lowest BCUT2D eigenvalue weighted by atomic mass is 9.87. The Morgan fingerprint density at radius 1 is 1.32 bits per heavy atom. The molecule has 0 aliphatic heterocycles. The molecule has 0 saturated heterocycles. The first-order valence-electron chi connectivity index (χ1n) is 7.81. The average Bonchev–Trinajstić information content (AvgIpc) is 3.27. The third-order valence-corrected chi connectivity index (χ3v) is 4.32. The lowest BCUT2D eigenvalue weighted by Gasteiger charge is -2.29. The molecular weight excluding hydrogens is 240 g/mol. The molecule has 2 aliphatic rings. The third-order valence-electron chi connectivity index (χ3n) is 4.32. The fraction of sp³-hybridized carbons (Fsp3) is 0.933. The third kappa shape index (κ3) is 4.37. The molecule has 4 nitrogen and oxygen atoms in total. The molecule has 2 rings (SSSR count). The molecule has 0 spiro atoms. The van der Waals surface area contributed by atoms with Crippen LogP contribution in [0.2, 0.25) is 0 Å². The average molecular weight is 268 g/mol. The number of carbonyl (C=O) groups excluding carboxylic acids is 1. The zero-order chi connectivity index (χ0) is 13.7. The van der Waals surface area contributed by atoms with Crippen LogP contribution in [0, 0.1) is 5.92 Å². The van der Waals surface area contributed by atoms with Gasteiger partial charge in [-0.1, -0.05) is 13.3 Å². The van der Waals surface area contributed by atoms with Gasteiger partial charge in [-0.05, 0) is 44.4 Å². The van der Waals surface area contributed by atoms with E-state index in [4.69, 9.17) is 4.74 Å². The second-order valence-electron chi connectivity index (χ2n) is 6.00. The standard InChI is InChI=1S/C15H28N2O2/c1-3-9-17(13-7-8-13)15(18)16-11-12-5-4-6-14(10-12)19-2/h12-14H,3-11H2,1-2H3,(H,16,18). The second-order valence-corrected chi connectivity index (χ2v) is 6.00. The summed E-state index contributed by atoms with van der Waals surface area (Å²) in [6, 6.07) is 0.655. The SMILES string of the molecule is CCCN(C(=O)NCC1CCCC(OC)C1)C1CC1. The summed E-state index contributed by atoms with van der Waals surface area (Å²) in [5.41, 5.74) is 0. The first-order valence-corrected chi connectivity index (χ1v) is 7.81. The maximum atomic E-state index is 12.2. The topological polar surface area (TPSA) is 41.6 Å². The minimum absolute atomic E-state index is 0.142. The Morgan fingerprint density at radius 3 is 2.74 bits per heavy atom. The summed E-state index contributed by atoms with van der Waals surface area (Å²) < 4.78 is 5.44. The normalized spacial score (nSPS) is 27.1. The van der Waals surface area contributed by atoms with E-state index in [2.05, 4.69) is 12.2 Å². The van der Waals surface area contributed by atoms with Crippen LogP contribution in [0.5, 0.6) is 0 Å². The summed E-state index contributed by atoms with van der Waals surface area (Å²) in [5, 5.41) is 3.13. The summed E-state index contributed by atoms with van der Waals surface area (Å²) in [7, 11) is 1.79. The van der Waals surface area contributed by atoms with Gasteiger partial charge in [0.25, 0.3) is 0 Å². The Bertz CT molecular complexity index is 292. The number of amides is 2. The summed E-state index contributed by atoms with van der Waals surface area (Å²) in [4.78, 5) is 14.2. The van der Waals surface area contributed by atoms with Crippen molar-refractivity contribution < 1.29 is 9.53 Å². The highest BCUT2D eigenvalue weighted by atomic mass is 16.5. The summed E-state index contributed by atoms with van der Waals surface area (Å²) >= 11 is 0. The highest BCUT2D eigenvalue weighted by Gasteiger charge is 2.32. The van der Waals surface area contributed by atoms with Gasteiger partial charge in [0.05, 0.1) is 6.10 Å². The van der Waals surface area contributed by atoms with Gasteiger partial charge in [0, 0.05) is 26.2 Å². The van der Waals surface area contributed by atoms with E-state index in [1.165, 1.54) is 32.1 Å². The van der Waals surface area contributed by atoms with Crippen molar-refractivity contribution in [1.29, 1.82) is 0 Å². The molecule has 2 aliphatic carbocycles. The van der Waals surface area contributed by atoms with E-state index in [1.54, 1.807) is 7.11 Å². The van der Waals surface area contributed by atoms with Crippen molar-refractivity contribution in [3.8, 4) is 0 Å².